The number of sulfonamides is 1. The second-order valence-electron chi connectivity index (χ2n) is 4.29. The Kier molecular flexibility index (Phi) is 4.47. The second-order valence-corrected chi connectivity index (χ2v) is 7.14. The number of nitro benzene ring substituents is 1. The van der Waals surface area contributed by atoms with Gasteiger partial charge in [0, 0.05) is 15.2 Å². The van der Waals surface area contributed by atoms with Crippen molar-refractivity contribution in [3.05, 3.63) is 61.7 Å². The van der Waals surface area contributed by atoms with Crippen molar-refractivity contribution in [2.45, 2.75) is 11.8 Å². The maximum Gasteiger partial charge on any atom is 0.273 e. The Hall–Kier alpha value is -1.68. The van der Waals surface area contributed by atoms with Crippen LogP contribution in [0.15, 0.2) is 47.4 Å². The van der Waals surface area contributed by atoms with Gasteiger partial charge in [-0.05, 0) is 47.7 Å². The van der Waals surface area contributed by atoms with E-state index in [4.69, 9.17) is 0 Å². The number of nitrogens with zero attached hydrogens (tertiary/aromatic N) is 1. The monoisotopic (exact) mass is 418 g/mol. The van der Waals surface area contributed by atoms with Crippen LogP contribution in [-0.4, -0.2) is 13.3 Å². The van der Waals surface area contributed by atoms with Crippen molar-refractivity contribution in [3.8, 4) is 0 Å². The van der Waals surface area contributed by atoms with Gasteiger partial charge < -0.3 is 0 Å². The van der Waals surface area contributed by atoms with Gasteiger partial charge in [0.2, 0.25) is 0 Å². The van der Waals surface area contributed by atoms with E-state index in [0.29, 0.717) is 11.3 Å². The van der Waals surface area contributed by atoms with Gasteiger partial charge in [-0.15, -0.1) is 0 Å². The lowest BCUT2D eigenvalue weighted by Crippen LogP contribution is -2.14. The van der Waals surface area contributed by atoms with Crippen LogP contribution in [0.3, 0.4) is 0 Å². The van der Waals surface area contributed by atoms with E-state index in [1.165, 1.54) is 12.1 Å². The third-order valence-electron chi connectivity index (χ3n) is 2.81. The van der Waals surface area contributed by atoms with Gasteiger partial charge in [-0.3, -0.25) is 14.8 Å². The topological polar surface area (TPSA) is 89.3 Å². The summed E-state index contributed by atoms with van der Waals surface area (Å²) in [5, 5.41) is 10.9. The minimum absolute atomic E-state index is 0.139. The maximum absolute atomic E-state index is 12.3. The molecule has 1 N–H and O–H groups in total. The zero-order chi connectivity index (χ0) is 15.6. The zero-order valence-electron chi connectivity index (χ0n) is 10.9. The number of anilines is 1. The van der Waals surface area contributed by atoms with E-state index in [0.717, 1.165) is 9.64 Å². The molecule has 0 fully saturated rings. The molecule has 2 aromatic carbocycles. The first-order chi connectivity index (χ1) is 9.81. The third-order valence-corrected chi connectivity index (χ3v) is 5.11. The van der Waals surface area contributed by atoms with Crippen LogP contribution in [-0.2, 0) is 10.0 Å². The first-order valence-corrected chi connectivity index (χ1v) is 8.40. The molecule has 0 aromatic heterocycles. The summed E-state index contributed by atoms with van der Waals surface area (Å²) < 4.78 is 27.8. The lowest BCUT2D eigenvalue weighted by molar-refractivity contribution is -0.385. The van der Waals surface area contributed by atoms with Gasteiger partial charge in [0.25, 0.3) is 15.7 Å². The van der Waals surface area contributed by atoms with Gasteiger partial charge >= 0.3 is 0 Å². The average molecular weight is 418 g/mol. The van der Waals surface area contributed by atoms with Crippen LogP contribution >= 0.6 is 22.6 Å². The van der Waals surface area contributed by atoms with E-state index < -0.39 is 14.9 Å². The van der Waals surface area contributed by atoms with Crippen molar-refractivity contribution in [1.29, 1.82) is 0 Å². The standard InChI is InChI=1S/C13H11IN2O4S/c1-9-6-7-10(8-13(9)16(17)18)21(19,20)15-12-5-3-2-4-11(12)14/h2-8,15H,1H3. The number of nitrogens with one attached hydrogen (secondary N) is 1. The van der Waals surface area contributed by atoms with Crippen LogP contribution in [0.25, 0.3) is 0 Å². The fourth-order valence-electron chi connectivity index (χ4n) is 1.70. The molecule has 2 rings (SSSR count). The van der Waals surface area contributed by atoms with Crippen LogP contribution in [0.5, 0.6) is 0 Å². The Morgan fingerprint density at radius 1 is 1.19 bits per heavy atom. The molecule has 0 bridgehead atoms. The maximum atomic E-state index is 12.3. The molecule has 21 heavy (non-hydrogen) atoms. The van der Waals surface area contributed by atoms with Crippen LogP contribution in [0.2, 0.25) is 0 Å². The van der Waals surface area contributed by atoms with Crippen LogP contribution in [0.4, 0.5) is 11.4 Å². The summed E-state index contributed by atoms with van der Waals surface area (Å²) in [6, 6.07) is 10.7. The summed E-state index contributed by atoms with van der Waals surface area (Å²) in [6.45, 7) is 1.56. The summed E-state index contributed by atoms with van der Waals surface area (Å²) >= 11 is 2.01. The van der Waals surface area contributed by atoms with Crippen molar-refractivity contribution in [2.24, 2.45) is 0 Å². The van der Waals surface area contributed by atoms with Crippen molar-refractivity contribution in [1.82, 2.24) is 0 Å². The predicted molar refractivity (Wildman–Crippen MR) is 87.8 cm³/mol. The SMILES string of the molecule is Cc1ccc(S(=O)(=O)Nc2ccccc2I)cc1[N+](=O)[O-]. The summed E-state index contributed by atoms with van der Waals surface area (Å²) in [7, 11) is -3.87. The Labute approximate surface area is 135 Å². The summed E-state index contributed by atoms with van der Waals surface area (Å²) in [6.07, 6.45) is 0. The van der Waals surface area contributed by atoms with E-state index in [1.807, 2.05) is 22.6 Å². The number of nitro groups is 1. The Balaban J connectivity index is 2.43. The van der Waals surface area contributed by atoms with E-state index in [1.54, 1.807) is 31.2 Å². The molecule has 0 aliphatic carbocycles. The largest absolute Gasteiger partial charge is 0.279 e. The smallest absolute Gasteiger partial charge is 0.273 e. The summed E-state index contributed by atoms with van der Waals surface area (Å²) in [5.74, 6) is 0. The Morgan fingerprint density at radius 2 is 1.86 bits per heavy atom. The average Bonchev–Trinajstić information content (AvgIpc) is 2.41. The Bertz CT molecular complexity index is 806. The van der Waals surface area contributed by atoms with Gasteiger partial charge in [0.15, 0.2) is 0 Å². The first-order valence-electron chi connectivity index (χ1n) is 5.83. The molecule has 2 aromatic rings. The van der Waals surface area contributed by atoms with Gasteiger partial charge in [-0.2, -0.15) is 0 Å². The lowest BCUT2D eigenvalue weighted by Gasteiger charge is -2.10. The molecule has 0 saturated heterocycles. The minimum Gasteiger partial charge on any atom is -0.279 e. The number of hydrogen-bond acceptors (Lipinski definition) is 4. The number of halogens is 1. The van der Waals surface area contributed by atoms with Crippen molar-refractivity contribution in [3.63, 3.8) is 0 Å². The molecule has 0 aliphatic rings. The lowest BCUT2D eigenvalue weighted by atomic mass is 10.2. The van der Waals surface area contributed by atoms with Gasteiger partial charge in [0.05, 0.1) is 15.5 Å². The molecule has 0 aliphatic heterocycles. The third kappa shape index (κ3) is 3.50. The van der Waals surface area contributed by atoms with Crippen molar-refractivity contribution < 1.29 is 13.3 Å². The van der Waals surface area contributed by atoms with Gasteiger partial charge in [0.1, 0.15) is 0 Å². The molecular weight excluding hydrogens is 407 g/mol. The van der Waals surface area contributed by atoms with Crippen molar-refractivity contribution in [2.75, 3.05) is 4.72 Å². The van der Waals surface area contributed by atoms with Crippen molar-refractivity contribution >= 4 is 44.0 Å². The molecule has 6 nitrogen and oxygen atoms in total. The fourth-order valence-corrected chi connectivity index (χ4v) is 3.51. The van der Waals surface area contributed by atoms with Gasteiger partial charge in [-0.1, -0.05) is 18.2 Å². The van der Waals surface area contributed by atoms with E-state index in [2.05, 4.69) is 4.72 Å². The molecule has 0 amide bonds. The Morgan fingerprint density at radius 3 is 2.48 bits per heavy atom. The van der Waals surface area contributed by atoms with Gasteiger partial charge in [-0.25, -0.2) is 8.42 Å². The first kappa shape index (κ1) is 15.7. The van der Waals surface area contributed by atoms with E-state index in [9.17, 15) is 18.5 Å². The van der Waals surface area contributed by atoms with Crippen LogP contribution in [0, 0.1) is 20.6 Å². The molecule has 0 unspecified atom stereocenters. The van der Waals surface area contributed by atoms with Crippen LogP contribution < -0.4 is 4.72 Å². The number of hydrogen-bond donors (Lipinski definition) is 1. The highest BCUT2D eigenvalue weighted by Crippen LogP contribution is 2.25. The molecule has 0 radical (unpaired) electrons. The number of para-hydroxylation sites is 1. The molecule has 0 saturated carbocycles. The van der Waals surface area contributed by atoms with Crippen LogP contribution in [0.1, 0.15) is 5.56 Å². The fraction of sp³-hybridized carbons (Fsp3) is 0.0769. The molecule has 8 heteroatoms. The molecule has 0 heterocycles. The number of rotatable bonds is 4. The zero-order valence-corrected chi connectivity index (χ0v) is 13.9. The van der Waals surface area contributed by atoms with E-state index >= 15 is 0 Å². The van der Waals surface area contributed by atoms with E-state index in [-0.39, 0.29) is 10.6 Å². The summed E-state index contributed by atoms with van der Waals surface area (Å²) in [5.41, 5.74) is 0.621. The molecule has 110 valence electrons. The second kappa shape index (κ2) is 5.98. The highest BCUT2D eigenvalue weighted by atomic mass is 127. The minimum atomic E-state index is -3.87. The quantitative estimate of drug-likeness (QED) is 0.469. The number of aryl methyl sites for hydroxylation is 1. The highest BCUT2D eigenvalue weighted by molar-refractivity contribution is 14.1. The molecular formula is C13H11IN2O4S. The molecule has 0 atom stereocenters. The highest BCUT2D eigenvalue weighted by Gasteiger charge is 2.20. The summed E-state index contributed by atoms with van der Waals surface area (Å²) in [4.78, 5) is 10.2. The predicted octanol–water partition coefficient (Wildman–Crippen LogP) is 3.31. The molecule has 0 spiro atoms. The number of benzene rings is 2. The normalized spacial score (nSPS) is 11.1.